The molecular formula is C11H12N4O5. The van der Waals surface area contributed by atoms with E-state index in [-0.39, 0.29) is 23.7 Å². The highest BCUT2D eigenvalue weighted by atomic mass is 16.6. The van der Waals surface area contributed by atoms with E-state index in [1.54, 1.807) is 0 Å². The summed E-state index contributed by atoms with van der Waals surface area (Å²) in [6, 6.07) is 2.18. The smallest absolute Gasteiger partial charge is 0.354 e. The summed E-state index contributed by atoms with van der Waals surface area (Å²) in [6.07, 6.45) is 0.464. The van der Waals surface area contributed by atoms with Gasteiger partial charge in [0.05, 0.1) is 10.8 Å². The van der Waals surface area contributed by atoms with Crippen molar-refractivity contribution in [3.8, 4) is 0 Å². The maximum absolute atomic E-state index is 11.1. The van der Waals surface area contributed by atoms with Crippen LogP contribution >= 0.6 is 0 Å². The zero-order chi connectivity index (χ0) is 14.9. The lowest BCUT2D eigenvalue weighted by atomic mass is 10.1. The molecule has 0 spiro atoms. The number of aromatic nitrogens is 1. The van der Waals surface area contributed by atoms with Gasteiger partial charge in [-0.25, -0.2) is 9.78 Å². The van der Waals surface area contributed by atoms with Crippen molar-refractivity contribution in [3.63, 3.8) is 0 Å². The van der Waals surface area contributed by atoms with E-state index >= 15 is 0 Å². The molecule has 1 aromatic rings. The quantitative estimate of drug-likeness (QED) is 0.584. The van der Waals surface area contributed by atoms with Crippen LogP contribution in [0.3, 0.4) is 0 Å². The van der Waals surface area contributed by atoms with Gasteiger partial charge in [0.2, 0.25) is 11.7 Å². The highest BCUT2D eigenvalue weighted by Gasteiger charge is 2.32. The number of nitrogens with two attached hydrogens (primary N) is 1. The Balaban J connectivity index is 2.38. The first-order chi connectivity index (χ1) is 9.40. The van der Waals surface area contributed by atoms with Crippen molar-refractivity contribution >= 4 is 23.4 Å². The Hall–Kier alpha value is -2.71. The molecule has 2 heterocycles. The zero-order valence-corrected chi connectivity index (χ0v) is 10.4. The minimum Gasteiger partial charge on any atom is -0.477 e. The third-order valence-electron chi connectivity index (χ3n) is 3.16. The average Bonchev–Trinajstić information content (AvgIpc) is 2.87. The largest absolute Gasteiger partial charge is 0.477 e. The summed E-state index contributed by atoms with van der Waals surface area (Å²) < 4.78 is 0. The van der Waals surface area contributed by atoms with Gasteiger partial charge in [0, 0.05) is 19.2 Å². The Morgan fingerprint density at radius 3 is 2.70 bits per heavy atom. The van der Waals surface area contributed by atoms with Crippen LogP contribution in [0.15, 0.2) is 12.1 Å². The van der Waals surface area contributed by atoms with E-state index in [4.69, 9.17) is 10.8 Å². The predicted octanol–water partition coefficient (Wildman–Crippen LogP) is -0.000400. The molecule has 9 nitrogen and oxygen atoms in total. The van der Waals surface area contributed by atoms with Gasteiger partial charge in [-0.3, -0.25) is 14.9 Å². The molecule has 0 saturated carbocycles. The van der Waals surface area contributed by atoms with Gasteiger partial charge in [-0.1, -0.05) is 0 Å². The Morgan fingerprint density at radius 2 is 2.20 bits per heavy atom. The van der Waals surface area contributed by atoms with Gasteiger partial charge in [-0.15, -0.1) is 0 Å². The molecule has 9 heteroatoms. The number of primary amides is 1. The molecule has 1 aliphatic heterocycles. The SMILES string of the molecule is NC(=O)C1CCN(c2nc(C(=O)O)ccc2[N+](=O)[O-])C1. The lowest BCUT2D eigenvalue weighted by Gasteiger charge is -2.17. The Kier molecular flexibility index (Phi) is 3.51. The predicted molar refractivity (Wildman–Crippen MR) is 67.4 cm³/mol. The van der Waals surface area contributed by atoms with E-state index in [1.165, 1.54) is 4.90 Å². The molecule has 1 atom stereocenters. The number of hydrogen-bond acceptors (Lipinski definition) is 6. The Labute approximate surface area is 113 Å². The highest BCUT2D eigenvalue weighted by Crippen LogP contribution is 2.30. The molecule has 1 aromatic heterocycles. The minimum atomic E-state index is -1.27. The maximum atomic E-state index is 11.1. The number of anilines is 1. The van der Waals surface area contributed by atoms with E-state index in [2.05, 4.69) is 4.98 Å². The average molecular weight is 280 g/mol. The second-order valence-corrected chi connectivity index (χ2v) is 4.44. The first-order valence-electron chi connectivity index (χ1n) is 5.83. The van der Waals surface area contributed by atoms with Crippen LogP contribution < -0.4 is 10.6 Å². The lowest BCUT2D eigenvalue weighted by Crippen LogP contribution is -2.28. The molecule has 0 bridgehead atoms. The van der Waals surface area contributed by atoms with E-state index in [1.807, 2.05) is 0 Å². The molecule has 0 aliphatic carbocycles. The molecule has 1 saturated heterocycles. The summed E-state index contributed by atoms with van der Waals surface area (Å²) >= 11 is 0. The van der Waals surface area contributed by atoms with Crippen molar-refractivity contribution in [2.75, 3.05) is 18.0 Å². The van der Waals surface area contributed by atoms with E-state index in [9.17, 15) is 19.7 Å². The molecule has 20 heavy (non-hydrogen) atoms. The highest BCUT2D eigenvalue weighted by molar-refractivity contribution is 5.86. The standard InChI is InChI=1S/C11H12N4O5/c12-9(16)6-3-4-14(5-6)10-8(15(19)20)2-1-7(13-10)11(17)18/h1-2,6H,3-5H2,(H2,12,16)(H,17,18). The van der Waals surface area contributed by atoms with Crippen molar-refractivity contribution in [1.82, 2.24) is 4.98 Å². The number of nitro groups is 1. The van der Waals surface area contributed by atoms with Gasteiger partial charge in [0.25, 0.3) is 0 Å². The monoisotopic (exact) mass is 280 g/mol. The molecule has 1 unspecified atom stereocenters. The summed E-state index contributed by atoms with van der Waals surface area (Å²) in [7, 11) is 0. The Bertz CT molecular complexity index is 588. The lowest BCUT2D eigenvalue weighted by molar-refractivity contribution is -0.384. The van der Waals surface area contributed by atoms with Crippen molar-refractivity contribution in [2.24, 2.45) is 11.7 Å². The van der Waals surface area contributed by atoms with E-state index in [0.717, 1.165) is 12.1 Å². The van der Waals surface area contributed by atoms with Gasteiger partial charge in [-0.2, -0.15) is 0 Å². The molecule has 2 rings (SSSR count). The second-order valence-electron chi connectivity index (χ2n) is 4.44. The van der Waals surface area contributed by atoms with Gasteiger partial charge in [-0.05, 0) is 12.5 Å². The summed E-state index contributed by atoms with van der Waals surface area (Å²) in [5.41, 5.74) is 4.62. The number of amides is 1. The molecule has 106 valence electrons. The minimum absolute atomic E-state index is 0.0429. The molecule has 1 aliphatic rings. The number of rotatable bonds is 4. The first-order valence-corrected chi connectivity index (χ1v) is 5.83. The Morgan fingerprint density at radius 1 is 1.50 bits per heavy atom. The zero-order valence-electron chi connectivity index (χ0n) is 10.4. The molecule has 1 fully saturated rings. The van der Waals surface area contributed by atoms with Gasteiger partial charge in [0.1, 0.15) is 0 Å². The van der Waals surface area contributed by atoms with Gasteiger partial charge in [0.15, 0.2) is 5.69 Å². The third-order valence-corrected chi connectivity index (χ3v) is 3.16. The molecule has 3 N–H and O–H groups in total. The van der Waals surface area contributed by atoms with Crippen LogP contribution in [0.5, 0.6) is 0 Å². The number of pyridine rings is 1. The number of carboxylic acid groups (broad SMARTS) is 1. The van der Waals surface area contributed by atoms with E-state index < -0.39 is 22.7 Å². The summed E-state index contributed by atoms with van der Waals surface area (Å²) in [5, 5.41) is 19.9. The molecule has 0 radical (unpaired) electrons. The number of aromatic carboxylic acids is 1. The number of hydrogen-bond donors (Lipinski definition) is 2. The molecule has 1 amide bonds. The topological polar surface area (TPSA) is 140 Å². The van der Waals surface area contributed by atoms with Crippen LogP contribution in [0.1, 0.15) is 16.9 Å². The van der Waals surface area contributed by atoms with E-state index in [0.29, 0.717) is 13.0 Å². The van der Waals surface area contributed by atoms with Crippen LogP contribution in [0.25, 0.3) is 0 Å². The van der Waals surface area contributed by atoms with Crippen LogP contribution in [0, 0.1) is 16.0 Å². The summed E-state index contributed by atoms with van der Waals surface area (Å²) in [5.74, 6) is -2.21. The number of carbonyl (C=O) groups excluding carboxylic acids is 1. The van der Waals surface area contributed by atoms with Crippen molar-refractivity contribution < 1.29 is 19.6 Å². The van der Waals surface area contributed by atoms with Crippen molar-refractivity contribution in [3.05, 3.63) is 27.9 Å². The normalized spacial score (nSPS) is 18.0. The number of carbonyl (C=O) groups is 2. The third kappa shape index (κ3) is 2.51. The molecule has 0 aromatic carbocycles. The fraction of sp³-hybridized carbons (Fsp3) is 0.364. The molecular weight excluding hydrogens is 268 g/mol. The van der Waals surface area contributed by atoms with Crippen LogP contribution in [0.2, 0.25) is 0 Å². The van der Waals surface area contributed by atoms with Gasteiger partial charge >= 0.3 is 11.7 Å². The second kappa shape index (κ2) is 5.11. The summed E-state index contributed by atoms with van der Waals surface area (Å²) in [4.78, 5) is 37.7. The van der Waals surface area contributed by atoms with Gasteiger partial charge < -0.3 is 15.7 Å². The van der Waals surface area contributed by atoms with Crippen molar-refractivity contribution in [2.45, 2.75) is 6.42 Å². The summed E-state index contributed by atoms with van der Waals surface area (Å²) in [6.45, 7) is 0.566. The van der Waals surface area contributed by atoms with Crippen LogP contribution in [-0.4, -0.2) is 40.0 Å². The fourth-order valence-corrected chi connectivity index (χ4v) is 2.12. The number of nitrogens with zero attached hydrogens (tertiary/aromatic N) is 3. The first kappa shape index (κ1) is 13.7. The van der Waals surface area contributed by atoms with Crippen LogP contribution in [-0.2, 0) is 4.79 Å². The van der Waals surface area contributed by atoms with Crippen LogP contribution in [0.4, 0.5) is 11.5 Å². The van der Waals surface area contributed by atoms with Crippen molar-refractivity contribution in [1.29, 1.82) is 0 Å². The number of carboxylic acids is 1. The fourth-order valence-electron chi connectivity index (χ4n) is 2.12. The maximum Gasteiger partial charge on any atom is 0.354 e.